The molecule has 1 heterocycles. The number of thioether (sulfide) groups is 1. The Morgan fingerprint density at radius 3 is 2.48 bits per heavy atom. The van der Waals surface area contributed by atoms with Crippen LogP contribution in [0.5, 0.6) is 0 Å². The van der Waals surface area contributed by atoms with E-state index in [0.29, 0.717) is 15.5 Å². The van der Waals surface area contributed by atoms with Gasteiger partial charge in [0.25, 0.3) is 0 Å². The van der Waals surface area contributed by atoms with E-state index in [1.54, 1.807) is 24.3 Å². The third-order valence-corrected chi connectivity index (χ3v) is 4.87. The van der Waals surface area contributed by atoms with E-state index in [1.165, 1.54) is 12.1 Å². The third-order valence-electron chi connectivity index (χ3n) is 3.69. The van der Waals surface area contributed by atoms with Crippen LogP contribution in [0.3, 0.4) is 0 Å². The molecule has 1 aliphatic rings. The molecule has 1 atom stereocenters. The second-order valence-corrected chi connectivity index (χ2v) is 6.74. The number of rotatable bonds is 3. The topological polar surface area (TPSA) is 63.4 Å². The number of hydrogen-bond acceptors (Lipinski definition) is 4. The lowest BCUT2D eigenvalue weighted by molar-refractivity contribution is -0.137. The maximum Gasteiger partial charge on any atom is 0.418 e. The molecule has 4 nitrogen and oxygen atoms in total. The van der Waals surface area contributed by atoms with E-state index in [4.69, 9.17) is 5.73 Å². The lowest BCUT2D eigenvalue weighted by atomic mass is 10.1. The number of hydrogen-bond donors (Lipinski definition) is 1. The van der Waals surface area contributed by atoms with Gasteiger partial charge in [-0.15, -0.1) is 11.8 Å². The number of para-hydroxylation sites is 1. The summed E-state index contributed by atoms with van der Waals surface area (Å²) in [6.07, 6.45) is -4.82. The van der Waals surface area contributed by atoms with E-state index in [-0.39, 0.29) is 6.42 Å². The summed E-state index contributed by atoms with van der Waals surface area (Å²) in [5.74, 6) is -1.31. The van der Waals surface area contributed by atoms with Crippen molar-refractivity contribution in [1.29, 1.82) is 0 Å². The van der Waals surface area contributed by atoms with E-state index in [9.17, 15) is 22.8 Å². The van der Waals surface area contributed by atoms with Gasteiger partial charge in [0.05, 0.1) is 16.5 Å². The number of amides is 2. The molecule has 2 amide bonds. The van der Waals surface area contributed by atoms with Crippen LogP contribution in [0.25, 0.3) is 0 Å². The Labute approximate surface area is 145 Å². The Morgan fingerprint density at radius 2 is 1.80 bits per heavy atom. The summed E-state index contributed by atoms with van der Waals surface area (Å²) in [6, 6.07) is 11.3. The molecular formula is C17H13F3N2O2S. The highest BCUT2D eigenvalue weighted by Gasteiger charge is 2.44. The minimum atomic E-state index is -4.66. The molecule has 8 heteroatoms. The van der Waals surface area contributed by atoms with Gasteiger partial charge in [0.1, 0.15) is 0 Å². The van der Waals surface area contributed by atoms with Gasteiger partial charge in [-0.2, -0.15) is 13.2 Å². The number of alkyl halides is 3. The van der Waals surface area contributed by atoms with Crippen molar-refractivity contribution in [3.63, 3.8) is 0 Å². The first-order valence-corrected chi connectivity index (χ1v) is 8.20. The number of anilines is 2. The lowest BCUT2D eigenvalue weighted by Gasteiger charge is -2.20. The van der Waals surface area contributed by atoms with Crippen LogP contribution in [0.1, 0.15) is 12.0 Å². The molecule has 1 fully saturated rings. The van der Waals surface area contributed by atoms with Gasteiger partial charge in [0.2, 0.25) is 11.8 Å². The van der Waals surface area contributed by atoms with Crippen molar-refractivity contribution >= 4 is 35.0 Å². The highest BCUT2D eigenvalue weighted by atomic mass is 32.2. The highest BCUT2D eigenvalue weighted by molar-refractivity contribution is 8.00. The minimum Gasteiger partial charge on any atom is -0.399 e. The molecule has 0 unspecified atom stereocenters. The van der Waals surface area contributed by atoms with Gasteiger partial charge < -0.3 is 5.73 Å². The maximum absolute atomic E-state index is 13.2. The van der Waals surface area contributed by atoms with Gasteiger partial charge in [0.15, 0.2) is 0 Å². The molecule has 25 heavy (non-hydrogen) atoms. The molecule has 0 radical (unpaired) electrons. The quantitative estimate of drug-likeness (QED) is 0.664. The lowest BCUT2D eigenvalue weighted by Crippen LogP contribution is -2.33. The van der Waals surface area contributed by atoms with Gasteiger partial charge in [-0.25, -0.2) is 4.90 Å². The number of carbonyl (C=O) groups excluding carboxylic acids is 2. The number of nitrogens with zero attached hydrogens (tertiary/aromatic N) is 1. The van der Waals surface area contributed by atoms with Crippen LogP contribution in [0.2, 0.25) is 0 Å². The van der Waals surface area contributed by atoms with E-state index in [1.807, 2.05) is 0 Å². The zero-order valence-corrected chi connectivity index (χ0v) is 13.6. The first-order valence-electron chi connectivity index (χ1n) is 7.32. The van der Waals surface area contributed by atoms with Crippen LogP contribution in [0.15, 0.2) is 53.4 Å². The number of imide groups is 1. The number of halogens is 3. The average molecular weight is 366 g/mol. The molecule has 2 N–H and O–H groups in total. The molecule has 1 aliphatic heterocycles. The van der Waals surface area contributed by atoms with E-state index >= 15 is 0 Å². The Bertz CT molecular complexity index is 839. The largest absolute Gasteiger partial charge is 0.418 e. The van der Waals surface area contributed by atoms with Crippen LogP contribution in [0.4, 0.5) is 24.5 Å². The van der Waals surface area contributed by atoms with Crippen molar-refractivity contribution in [3.8, 4) is 0 Å². The van der Waals surface area contributed by atoms with Crippen LogP contribution < -0.4 is 10.6 Å². The van der Waals surface area contributed by atoms with Crippen molar-refractivity contribution in [2.45, 2.75) is 22.7 Å². The van der Waals surface area contributed by atoms with Gasteiger partial charge in [-0.05, 0) is 30.3 Å². The summed E-state index contributed by atoms with van der Waals surface area (Å²) in [5, 5.41) is -0.782. The Balaban J connectivity index is 1.90. The smallest absolute Gasteiger partial charge is 0.399 e. The summed E-state index contributed by atoms with van der Waals surface area (Å²) in [7, 11) is 0. The molecule has 0 spiro atoms. The fraction of sp³-hybridized carbons (Fsp3) is 0.176. The fourth-order valence-electron chi connectivity index (χ4n) is 2.61. The van der Waals surface area contributed by atoms with E-state index < -0.39 is 34.5 Å². The van der Waals surface area contributed by atoms with E-state index in [0.717, 1.165) is 23.9 Å². The van der Waals surface area contributed by atoms with Crippen molar-refractivity contribution in [1.82, 2.24) is 0 Å². The summed E-state index contributed by atoms with van der Waals surface area (Å²) in [6.45, 7) is 0. The number of nitrogen functional groups attached to an aromatic ring is 1. The van der Waals surface area contributed by atoms with Crippen molar-refractivity contribution in [3.05, 3.63) is 54.1 Å². The summed E-state index contributed by atoms with van der Waals surface area (Å²) < 4.78 is 39.5. The summed E-state index contributed by atoms with van der Waals surface area (Å²) >= 11 is 1.12. The fourth-order valence-corrected chi connectivity index (χ4v) is 3.73. The van der Waals surface area contributed by atoms with Crippen LogP contribution >= 0.6 is 11.8 Å². The number of benzene rings is 2. The molecule has 2 aromatic carbocycles. The molecule has 1 saturated heterocycles. The van der Waals surface area contributed by atoms with Crippen molar-refractivity contribution in [2.75, 3.05) is 10.6 Å². The molecule has 2 aromatic rings. The van der Waals surface area contributed by atoms with Crippen molar-refractivity contribution < 1.29 is 22.8 Å². The molecule has 0 aromatic heterocycles. The summed E-state index contributed by atoms with van der Waals surface area (Å²) in [4.78, 5) is 26.1. The van der Waals surface area contributed by atoms with Crippen LogP contribution in [-0.2, 0) is 15.8 Å². The zero-order chi connectivity index (χ0) is 18.2. The predicted octanol–water partition coefficient (Wildman–Crippen LogP) is 3.71. The van der Waals surface area contributed by atoms with Crippen molar-refractivity contribution in [2.24, 2.45) is 0 Å². The second-order valence-electron chi connectivity index (χ2n) is 5.47. The molecule has 130 valence electrons. The van der Waals surface area contributed by atoms with Crippen LogP contribution in [0, 0.1) is 0 Å². The standard InChI is InChI=1S/C17H13F3N2O2S/c18-17(19,20)12-6-1-2-7-13(12)22-15(23)9-14(16(22)24)25-11-5-3-4-10(21)8-11/h1-8,14H,9,21H2/t14-/m0/s1. The molecule has 3 rings (SSSR count). The van der Waals surface area contributed by atoms with Gasteiger partial charge >= 0.3 is 6.18 Å². The summed E-state index contributed by atoms with van der Waals surface area (Å²) in [5.41, 5.74) is 4.74. The first-order chi connectivity index (χ1) is 11.8. The predicted molar refractivity (Wildman–Crippen MR) is 89.1 cm³/mol. The normalized spacial score (nSPS) is 18.0. The zero-order valence-electron chi connectivity index (χ0n) is 12.8. The molecule has 0 aliphatic carbocycles. The number of nitrogens with two attached hydrogens (primary N) is 1. The monoisotopic (exact) mass is 366 g/mol. The maximum atomic E-state index is 13.2. The third kappa shape index (κ3) is 3.48. The number of carbonyl (C=O) groups is 2. The highest BCUT2D eigenvalue weighted by Crippen LogP contribution is 2.40. The molecule has 0 bridgehead atoms. The van der Waals surface area contributed by atoms with Gasteiger partial charge in [-0.3, -0.25) is 9.59 Å². The van der Waals surface area contributed by atoms with Crippen LogP contribution in [-0.4, -0.2) is 17.1 Å². The SMILES string of the molecule is Nc1cccc(S[C@H]2CC(=O)N(c3ccccc3C(F)(F)F)C2=O)c1. The Morgan fingerprint density at radius 1 is 1.08 bits per heavy atom. The van der Waals surface area contributed by atoms with Gasteiger partial charge in [-0.1, -0.05) is 18.2 Å². The molecular weight excluding hydrogens is 353 g/mol. The van der Waals surface area contributed by atoms with Gasteiger partial charge in [0, 0.05) is 17.0 Å². The molecule has 0 saturated carbocycles. The Hall–Kier alpha value is -2.48. The average Bonchev–Trinajstić information content (AvgIpc) is 2.80. The first kappa shape index (κ1) is 17.3. The minimum absolute atomic E-state index is 0.162. The Kier molecular flexibility index (Phi) is 4.47. The second kappa shape index (κ2) is 6.44. The van der Waals surface area contributed by atoms with E-state index in [2.05, 4.69) is 0 Å².